The van der Waals surface area contributed by atoms with Crippen LogP contribution in [0.2, 0.25) is 0 Å². The quantitative estimate of drug-likeness (QED) is 0.401. The topological polar surface area (TPSA) is 85.7 Å². The van der Waals surface area contributed by atoms with Gasteiger partial charge in [0.1, 0.15) is 5.75 Å². The van der Waals surface area contributed by atoms with E-state index in [2.05, 4.69) is 15.3 Å². The van der Waals surface area contributed by atoms with Gasteiger partial charge in [0, 0.05) is 25.0 Å². The number of methoxy groups -OCH3 is 1. The van der Waals surface area contributed by atoms with Crippen molar-refractivity contribution >= 4 is 16.7 Å². The Kier molecular flexibility index (Phi) is 7.58. The van der Waals surface area contributed by atoms with E-state index in [0.29, 0.717) is 30.5 Å². The van der Waals surface area contributed by atoms with Crippen molar-refractivity contribution < 1.29 is 14.3 Å². The fourth-order valence-electron chi connectivity index (χ4n) is 4.71. The van der Waals surface area contributed by atoms with Crippen LogP contribution < -0.4 is 15.6 Å². The lowest BCUT2D eigenvalue weighted by Crippen LogP contribution is -2.44. The first-order chi connectivity index (χ1) is 18.1. The Labute approximate surface area is 215 Å². The molecule has 1 atom stereocenters. The Morgan fingerprint density at radius 1 is 0.973 bits per heavy atom. The number of nitrogens with one attached hydrogen (secondary N) is 1. The highest BCUT2D eigenvalue weighted by Gasteiger charge is 2.25. The number of hydrogen-bond donors (Lipinski definition) is 1. The standard InChI is InChI=1S/C29H30N4O4/c1-36-23-13-11-22(12-14-23)26(32-15-17-37-18-16-32)19-30-28(34)27-24-9-5-6-10-25(24)29(35)33(31-27)20-21-7-3-2-4-8-21/h2-14,26H,15-20H2,1H3,(H,30,34). The molecule has 1 aromatic heterocycles. The van der Waals surface area contributed by atoms with Crippen molar-refractivity contribution in [2.45, 2.75) is 12.6 Å². The number of rotatable bonds is 8. The van der Waals surface area contributed by atoms with Gasteiger partial charge in [-0.25, -0.2) is 4.68 Å². The highest BCUT2D eigenvalue weighted by Crippen LogP contribution is 2.24. The summed E-state index contributed by atoms with van der Waals surface area (Å²) < 4.78 is 12.2. The van der Waals surface area contributed by atoms with Crippen LogP contribution in [0.5, 0.6) is 5.75 Å². The number of ether oxygens (including phenoxy) is 2. The van der Waals surface area contributed by atoms with Gasteiger partial charge in [-0.2, -0.15) is 5.10 Å². The van der Waals surface area contributed by atoms with Crippen LogP contribution in [0.4, 0.5) is 0 Å². The summed E-state index contributed by atoms with van der Waals surface area (Å²) in [4.78, 5) is 29.0. The largest absolute Gasteiger partial charge is 0.497 e. The number of carbonyl (C=O) groups is 1. The molecule has 1 aliphatic rings. The zero-order valence-corrected chi connectivity index (χ0v) is 20.8. The molecule has 0 radical (unpaired) electrons. The highest BCUT2D eigenvalue weighted by molar-refractivity contribution is 6.04. The van der Waals surface area contributed by atoms with Crippen molar-refractivity contribution in [2.75, 3.05) is 40.0 Å². The Morgan fingerprint density at radius 3 is 2.35 bits per heavy atom. The SMILES string of the molecule is COc1ccc(C(CNC(=O)c2nn(Cc3ccccc3)c(=O)c3ccccc23)N2CCOCC2)cc1. The van der Waals surface area contributed by atoms with Crippen LogP contribution in [0.1, 0.15) is 27.7 Å². The molecular weight excluding hydrogens is 468 g/mol. The van der Waals surface area contributed by atoms with Crippen LogP contribution in [0.3, 0.4) is 0 Å². The molecule has 37 heavy (non-hydrogen) atoms. The molecule has 4 aromatic rings. The molecule has 1 aliphatic heterocycles. The lowest BCUT2D eigenvalue weighted by molar-refractivity contribution is 0.0162. The number of fused-ring (bicyclic) bond motifs is 1. The molecule has 8 nitrogen and oxygen atoms in total. The molecule has 0 bridgehead atoms. The maximum Gasteiger partial charge on any atom is 0.274 e. The fourth-order valence-corrected chi connectivity index (χ4v) is 4.71. The highest BCUT2D eigenvalue weighted by atomic mass is 16.5. The second-order valence-electron chi connectivity index (χ2n) is 8.99. The summed E-state index contributed by atoms with van der Waals surface area (Å²) in [6.45, 7) is 3.52. The van der Waals surface area contributed by atoms with Crippen molar-refractivity contribution in [2.24, 2.45) is 0 Å². The Morgan fingerprint density at radius 2 is 1.65 bits per heavy atom. The van der Waals surface area contributed by atoms with Gasteiger partial charge in [0.25, 0.3) is 11.5 Å². The second kappa shape index (κ2) is 11.4. The van der Waals surface area contributed by atoms with Gasteiger partial charge in [0.2, 0.25) is 0 Å². The fraction of sp³-hybridized carbons (Fsp3) is 0.276. The molecule has 2 heterocycles. The molecule has 5 rings (SSSR count). The van der Waals surface area contributed by atoms with Gasteiger partial charge in [-0.05, 0) is 29.3 Å². The second-order valence-corrected chi connectivity index (χ2v) is 8.99. The van der Waals surface area contributed by atoms with E-state index in [0.717, 1.165) is 30.0 Å². The van der Waals surface area contributed by atoms with E-state index in [1.54, 1.807) is 25.3 Å². The summed E-state index contributed by atoms with van der Waals surface area (Å²) in [5.74, 6) is 0.467. The smallest absolute Gasteiger partial charge is 0.274 e. The first kappa shape index (κ1) is 24.7. The number of carbonyl (C=O) groups excluding carboxylic acids is 1. The predicted molar refractivity (Wildman–Crippen MR) is 142 cm³/mol. The van der Waals surface area contributed by atoms with Gasteiger partial charge in [0.15, 0.2) is 5.69 Å². The van der Waals surface area contributed by atoms with Gasteiger partial charge in [0.05, 0.1) is 38.3 Å². The number of hydrogen-bond acceptors (Lipinski definition) is 6. The third kappa shape index (κ3) is 5.55. The minimum absolute atomic E-state index is 0.0414. The lowest BCUT2D eigenvalue weighted by atomic mass is 10.0. The average molecular weight is 499 g/mol. The molecule has 190 valence electrons. The van der Waals surface area contributed by atoms with E-state index < -0.39 is 0 Å². The van der Waals surface area contributed by atoms with Crippen molar-refractivity contribution in [3.8, 4) is 5.75 Å². The summed E-state index contributed by atoms with van der Waals surface area (Å²) in [5.41, 5.74) is 2.03. The van der Waals surface area contributed by atoms with Crippen LogP contribution in [0, 0.1) is 0 Å². The third-order valence-corrected chi connectivity index (χ3v) is 6.70. The van der Waals surface area contributed by atoms with Gasteiger partial charge in [-0.15, -0.1) is 0 Å². The van der Waals surface area contributed by atoms with Crippen molar-refractivity contribution in [3.63, 3.8) is 0 Å². The Balaban J connectivity index is 1.44. The van der Waals surface area contributed by atoms with E-state index in [1.807, 2.05) is 60.7 Å². The monoisotopic (exact) mass is 498 g/mol. The van der Waals surface area contributed by atoms with Crippen LogP contribution in [0.25, 0.3) is 10.8 Å². The summed E-state index contributed by atoms with van der Waals surface area (Å²) in [6.07, 6.45) is 0. The normalized spacial score (nSPS) is 14.8. The van der Waals surface area contributed by atoms with E-state index in [4.69, 9.17) is 9.47 Å². The van der Waals surface area contributed by atoms with E-state index in [1.165, 1.54) is 4.68 Å². The minimum atomic E-state index is -0.315. The van der Waals surface area contributed by atoms with Gasteiger partial charge < -0.3 is 14.8 Å². The first-order valence-electron chi connectivity index (χ1n) is 12.4. The van der Waals surface area contributed by atoms with Gasteiger partial charge in [-0.3, -0.25) is 14.5 Å². The number of amides is 1. The number of morpholine rings is 1. The summed E-state index contributed by atoms with van der Waals surface area (Å²) in [7, 11) is 1.64. The molecule has 8 heteroatoms. The van der Waals surface area contributed by atoms with Crippen molar-refractivity contribution in [1.82, 2.24) is 20.0 Å². The predicted octanol–water partition coefficient (Wildman–Crippen LogP) is 3.26. The molecular formula is C29H30N4O4. The summed E-state index contributed by atoms with van der Waals surface area (Å²) in [6, 6.07) is 24.6. The first-order valence-corrected chi connectivity index (χ1v) is 12.4. The van der Waals surface area contributed by atoms with E-state index >= 15 is 0 Å². The van der Waals surface area contributed by atoms with Crippen LogP contribution in [-0.4, -0.2) is 60.5 Å². The third-order valence-electron chi connectivity index (χ3n) is 6.70. The van der Waals surface area contributed by atoms with Gasteiger partial charge in [-0.1, -0.05) is 60.7 Å². The molecule has 3 aromatic carbocycles. The van der Waals surface area contributed by atoms with E-state index in [-0.39, 0.29) is 29.7 Å². The molecule has 0 saturated carbocycles. The molecule has 1 fully saturated rings. The average Bonchev–Trinajstić information content (AvgIpc) is 2.96. The van der Waals surface area contributed by atoms with Crippen LogP contribution in [-0.2, 0) is 11.3 Å². The maximum absolute atomic E-state index is 13.5. The molecule has 1 unspecified atom stereocenters. The zero-order chi connectivity index (χ0) is 25.6. The lowest BCUT2D eigenvalue weighted by Gasteiger charge is -2.35. The van der Waals surface area contributed by atoms with Crippen molar-refractivity contribution in [1.29, 1.82) is 0 Å². The molecule has 1 saturated heterocycles. The zero-order valence-electron chi connectivity index (χ0n) is 20.8. The minimum Gasteiger partial charge on any atom is -0.497 e. The summed E-state index contributed by atoms with van der Waals surface area (Å²) in [5, 5.41) is 8.63. The number of nitrogens with zero attached hydrogens (tertiary/aromatic N) is 3. The van der Waals surface area contributed by atoms with E-state index in [9.17, 15) is 9.59 Å². The molecule has 0 aliphatic carbocycles. The number of benzene rings is 3. The number of aromatic nitrogens is 2. The Hall–Kier alpha value is -4.01. The summed E-state index contributed by atoms with van der Waals surface area (Å²) >= 11 is 0. The molecule has 1 amide bonds. The van der Waals surface area contributed by atoms with Crippen molar-refractivity contribution in [3.05, 3.63) is 106 Å². The Bertz CT molecular complexity index is 1410. The molecule has 1 N–H and O–H groups in total. The van der Waals surface area contributed by atoms with Crippen LogP contribution in [0.15, 0.2) is 83.7 Å². The van der Waals surface area contributed by atoms with Crippen LogP contribution >= 0.6 is 0 Å². The maximum atomic E-state index is 13.5. The molecule has 0 spiro atoms. The van der Waals surface area contributed by atoms with Gasteiger partial charge >= 0.3 is 0 Å².